The van der Waals surface area contributed by atoms with Gasteiger partial charge in [-0.15, -0.1) is 0 Å². The third-order valence-electron chi connectivity index (χ3n) is 3.90. The van der Waals surface area contributed by atoms with E-state index in [1.54, 1.807) is 18.2 Å². The number of nitrogens with one attached hydrogen (secondary N) is 1. The largest absolute Gasteiger partial charge is 0.389 e. The summed E-state index contributed by atoms with van der Waals surface area (Å²) in [5, 5.41) is 0. The van der Waals surface area contributed by atoms with Crippen molar-refractivity contribution in [2.45, 2.75) is 50.5 Å². The summed E-state index contributed by atoms with van der Waals surface area (Å²) >= 11 is 4.94. The smallest absolute Gasteiger partial charge is 0.240 e. The van der Waals surface area contributed by atoms with Crippen molar-refractivity contribution in [1.82, 2.24) is 4.72 Å². The van der Waals surface area contributed by atoms with Crippen molar-refractivity contribution >= 4 is 27.2 Å². The fourth-order valence-electron chi connectivity index (χ4n) is 2.42. The van der Waals surface area contributed by atoms with Gasteiger partial charge in [-0.25, -0.2) is 13.1 Å². The summed E-state index contributed by atoms with van der Waals surface area (Å²) in [7, 11) is -3.49. The molecule has 3 N–H and O–H groups in total. The van der Waals surface area contributed by atoms with E-state index in [1.165, 1.54) is 12.8 Å². The van der Waals surface area contributed by atoms with Gasteiger partial charge in [0.2, 0.25) is 10.0 Å². The monoisotopic (exact) mass is 326 g/mol. The van der Waals surface area contributed by atoms with Crippen molar-refractivity contribution in [2.75, 3.05) is 0 Å². The van der Waals surface area contributed by atoms with E-state index in [2.05, 4.69) is 4.72 Å². The summed E-state index contributed by atoms with van der Waals surface area (Å²) in [6, 6.07) is 4.88. The molecule has 1 fully saturated rings. The molecule has 0 amide bonds. The Balaban J connectivity index is 2.18. The number of rotatable bonds is 7. The Morgan fingerprint density at radius 2 is 2.14 bits per heavy atom. The number of nitrogens with two attached hydrogens (primary N) is 1. The van der Waals surface area contributed by atoms with Crippen LogP contribution in [-0.2, 0) is 10.0 Å². The molecule has 1 aromatic rings. The number of sulfonamides is 1. The molecule has 1 aromatic carbocycles. The molecule has 0 heterocycles. The van der Waals surface area contributed by atoms with E-state index in [0.717, 1.165) is 18.4 Å². The first-order valence-corrected chi connectivity index (χ1v) is 9.15. The molecule has 0 saturated heterocycles. The summed E-state index contributed by atoms with van der Waals surface area (Å²) in [6.45, 7) is 3.83. The van der Waals surface area contributed by atoms with Crippen LogP contribution in [0.3, 0.4) is 0 Å². The Morgan fingerprint density at radius 1 is 1.48 bits per heavy atom. The maximum absolute atomic E-state index is 12.5. The standard InChI is InChI=1S/C15H22N2O2S2/c1-3-12(9-11-4-5-11)17-21(18,19)13-6-7-14(15(16)20)10(2)8-13/h6-8,11-12,17H,3-5,9H2,1-2H3,(H2,16,20). The molecule has 0 aromatic heterocycles. The normalized spacial score (nSPS) is 16.7. The van der Waals surface area contributed by atoms with Crippen LogP contribution in [0.5, 0.6) is 0 Å². The van der Waals surface area contributed by atoms with E-state index >= 15 is 0 Å². The summed E-state index contributed by atoms with van der Waals surface area (Å²) < 4.78 is 27.7. The molecule has 0 aliphatic heterocycles. The SMILES string of the molecule is CCC(CC1CC1)NS(=O)(=O)c1ccc(C(N)=S)c(C)c1. The van der Waals surface area contributed by atoms with Crippen molar-refractivity contribution in [2.24, 2.45) is 11.7 Å². The van der Waals surface area contributed by atoms with Crippen LogP contribution in [0.15, 0.2) is 23.1 Å². The molecular weight excluding hydrogens is 304 g/mol. The lowest BCUT2D eigenvalue weighted by Crippen LogP contribution is -2.34. The van der Waals surface area contributed by atoms with E-state index in [9.17, 15) is 8.42 Å². The summed E-state index contributed by atoms with van der Waals surface area (Å²) in [5.74, 6) is 0.691. The number of hydrogen-bond acceptors (Lipinski definition) is 3. The van der Waals surface area contributed by atoms with Gasteiger partial charge in [-0.05, 0) is 43.4 Å². The second-order valence-electron chi connectivity index (χ2n) is 5.75. The predicted octanol–water partition coefficient (Wildman–Crippen LogP) is 2.49. The summed E-state index contributed by atoms with van der Waals surface area (Å²) in [6.07, 6.45) is 4.18. The zero-order chi connectivity index (χ0) is 15.6. The second kappa shape index (κ2) is 6.42. The number of aryl methyl sites for hydroxylation is 1. The minimum atomic E-state index is -3.49. The van der Waals surface area contributed by atoms with Crippen LogP contribution in [0.4, 0.5) is 0 Å². The third-order valence-corrected chi connectivity index (χ3v) is 5.64. The first kappa shape index (κ1) is 16.4. The zero-order valence-corrected chi connectivity index (χ0v) is 14.1. The fraction of sp³-hybridized carbons (Fsp3) is 0.533. The van der Waals surface area contributed by atoms with Crippen LogP contribution in [0.2, 0.25) is 0 Å². The van der Waals surface area contributed by atoms with E-state index < -0.39 is 10.0 Å². The first-order chi connectivity index (χ1) is 9.83. The Kier molecular flexibility index (Phi) is 5.01. The number of benzene rings is 1. The molecule has 116 valence electrons. The Hall–Kier alpha value is -0.980. The van der Waals surface area contributed by atoms with Crippen molar-refractivity contribution < 1.29 is 8.42 Å². The predicted molar refractivity (Wildman–Crippen MR) is 88.8 cm³/mol. The molecule has 21 heavy (non-hydrogen) atoms. The van der Waals surface area contributed by atoms with E-state index in [1.807, 2.05) is 13.8 Å². The van der Waals surface area contributed by atoms with E-state index in [-0.39, 0.29) is 15.9 Å². The van der Waals surface area contributed by atoms with Crippen LogP contribution in [0.25, 0.3) is 0 Å². The Bertz CT molecular complexity index is 637. The molecule has 2 rings (SSSR count). The fourth-order valence-corrected chi connectivity index (χ4v) is 4.07. The highest BCUT2D eigenvalue weighted by molar-refractivity contribution is 7.89. The van der Waals surface area contributed by atoms with Crippen LogP contribution in [0.1, 0.15) is 43.7 Å². The average molecular weight is 326 g/mol. The Labute approximate surface area is 132 Å². The average Bonchev–Trinajstić information content (AvgIpc) is 3.21. The molecule has 4 nitrogen and oxygen atoms in total. The highest BCUT2D eigenvalue weighted by atomic mass is 32.2. The summed E-state index contributed by atoms with van der Waals surface area (Å²) in [5.41, 5.74) is 7.10. The van der Waals surface area contributed by atoms with Gasteiger partial charge in [0.1, 0.15) is 4.99 Å². The quantitative estimate of drug-likeness (QED) is 0.755. The van der Waals surface area contributed by atoms with Crippen LogP contribution >= 0.6 is 12.2 Å². The molecule has 0 bridgehead atoms. The molecule has 1 saturated carbocycles. The molecule has 1 unspecified atom stereocenters. The van der Waals surface area contributed by atoms with Gasteiger partial charge in [-0.2, -0.15) is 0 Å². The molecule has 0 spiro atoms. The topological polar surface area (TPSA) is 72.2 Å². The number of hydrogen-bond donors (Lipinski definition) is 2. The van der Waals surface area contributed by atoms with Gasteiger partial charge >= 0.3 is 0 Å². The maximum Gasteiger partial charge on any atom is 0.240 e. The van der Waals surface area contributed by atoms with E-state index in [4.69, 9.17) is 18.0 Å². The van der Waals surface area contributed by atoms with Gasteiger partial charge in [-0.1, -0.05) is 38.0 Å². The van der Waals surface area contributed by atoms with Crippen molar-refractivity contribution in [3.63, 3.8) is 0 Å². The lowest BCUT2D eigenvalue weighted by molar-refractivity contribution is 0.495. The lowest BCUT2D eigenvalue weighted by atomic mass is 10.1. The first-order valence-electron chi connectivity index (χ1n) is 7.26. The van der Waals surface area contributed by atoms with Gasteiger partial charge in [0, 0.05) is 11.6 Å². The third kappa shape index (κ3) is 4.25. The van der Waals surface area contributed by atoms with Gasteiger partial charge in [0.25, 0.3) is 0 Å². The van der Waals surface area contributed by atoms with Gasteiger partial charge in [0.15, 0.2) is 0 Å². The summed E-state index contributed by atoms with van der Waals surface area (Å²) in [4.78, 5) is 0.554. The minimum absolute atomic E-state index is 0.0121. The van der Waals surface area contributed by atoms with E-state index in [0.29, 0.717) is 11.5 Å². The maximum atomic E-state index is 12.5. The van der Waals surface area contributed by atoms with Gasteiger partial charge in [-0.3, -0.25) is 0 Å². The molecule has 1 aliphatic rings. The zero-order valence-electron chi connectivity index (χ0n) is 12.4. The highest BCUT2D eigenvalue weighted by Crippen LogP contribution is 2.34. The minimum Gasteiger partial charge on any atom is -0.389 e. The van der Waals surface area contributed by atoms with Gasteiger partial charge < -0.3 is 5.73 Å². The number of thiocarbonyl (C=S) groups is 1. The molecule has 1 aliphatic carbocycles. The van der Waals surface area contributed by atoms with Crippen LogP contribution in [0, 0.1) is 12.8 Å². The van der Waals surface area contributed by atoms with Crippen LogP contribution < -0.4 is 10.5 Å². The molecule has 6 heteroatoms. The Morgan fingerprint density at radius 3 is 2.62 bits per heavy atom. The second-order valence-corrected chi connectivity index (χ2v) is 7.90. The molecule has 1 atom stereocenters. The van der Waals surface area contributed by atoms with Crippen molar-refractivity contribution in [3.8, 4) is 0 Å². The lowest BCUT2D eigenvalue weighted by Gasteiger charge is -2.17. The van der Waals surface area contributed by atoms with Crippen molar-refractivity contribution in [1.29, 1.82) is 0 Å². The van der Waals surface area contributed by atoms with Crippen molar-refractivity contribution in [3.05, 3.63) is 29.3 Å². The highest BCUT2D eigenvalue weighted by Gasteiger charge is 2.27. The van der Waals surface area contributed by atoms with Crippen LogP contribution in [-0.4, -0.2) is 19.4 Å². The molecular formula is C15H22N2O2S2. The van der Waals surface area contributed by atoms with Gasteiger partial charge in [0.05, 0.1) is 4.90 Å². The molecule has 0 radical (unpaired) electrons.